The Hall–Kier alpha value is -5.24. The van der Waals surface area contributed by atoms with E-state index in [0.29, 0.717) is 4.88 Å². The van der Waals surface area contributed by atoms with Gasteiger partial charge in [-0.05, 0) is 50.5 Å². The van der Waals surface area contributed by atoms with E-state index < -0.39 is 47.4 Å². The van der Waals surface area contributed by atoms with Crippen molar-refractivity contribution in [2.45, 2.75) is 52.0 Å². The van der Waals surface area contributed by atoms with Gasteiger partial charge in [0.25, 0.3) is 11.8 Å². The number of ether oxygens (including phenoxy) is 2. The smallest absolute Gasteiger partial charge is 0.407 e. The summed E-state index contributed by atoms with van der Waals surface area (Å²) in [7, 11) is 0. The normalized spacial score (nSPS) is 15.8. The van der Waals surface area contributed by atoms with Gasteiger partial charge in [-0.25, -0.2) is 14.4 Å². The van der Waals surface area contributed by atoms with E-state index in [4.69, 9.17) is 9.47 Å². The summed E-state index contributed by atoms with van der Waals surface area (Å²) < 4.78 is 10.9. The van der Waals surface area contributed by atoms with E-state index in [-0.39, 0.29) is 59.1 Å². The number of rotatable bonds is 7. The molecule has 5 rings (SSSR count). The highest BCUT2D eigenvalue weighted by molar-refractivity contribution is 7.17. The second-order valence-electron chi connectivity index (χ2n) is 11.4. The quantitative estimate of drug-likeness (QED) is 0.195. The molecule has 0 saturated heterocycles. The van der Waals surface area contributed by atoms with Crippen LogP contribution in [0.15, 0.2) is 48.5 Å². The fourth-order valence-corrected chi connectivity index (χ4v) is 6.41. The minimum absolute atomic E-state index is 0.0608. The van der Waals surface area contributed by atoms with Gasteiger partial charge in [0, 0.05) is 4.88 Å². The third-order valence-corrected chi connectivity index (χ3v) is 8.28. The maximum Gasteiger partial charge on any atom is 0.407 e. The van der Waals surface area contributed by atoms with Crippen LogP contribution < -0.4 is 10.1 Å². The maximum absolute atomic E-state index is 13.6. The standard InChI is InChI=1S/C31H29N3O10S/c1-31(2,3)44-29(40)24(35)32-25-23(28(38)39)19-12-17(33(30(41)42)14-21(19)45-25)13-34-26(36)18-10-7-11-20(22(18)27(34)37)43-15-16-8-5-4-6-9-16/h4-11,17H,12-15H2,1-3H3,(H,32,35)(H,38,39)(H,41,42). The molecule has 2 aliphatic heterocycles. The van der Waals surface area contributed by atoms with Gasteiger partial charge in [-0.15, -0.1) is 11.3 Å². The molecule has 0 radical (unpaired) electrons. The van der Waals surface area contributed by atoms with E-state index in [9.17, 15) is 39.0 Å². The molecule has 3 heterocycles. The molecule has 234 valence electrons. The van der Waals surface area contributed by atoms with Gasteiger partial charge < -0.3 is 25.0 Å². The van der Waals surface area contributed by atoms with E-state index >= 15 is 0 Å². The van der Waals surface area contributed by atoms with Crippen molar-refractivity contribution in [3.8, 4) is 5.75 Å². The first-order chi connectivity index (χ1) is 21.2. The van der Waals surface area contributed by atoms with Crippen LogP contribution in [-0.2, 0) is 33.9 Å². The lowest BCUT2D eigenvalue weighted by Crippen LogP contribution is -2.50. The van der Waals surface area contributed by atoms with Crippen molar-refractivity contribution < 1.29 is 48.5 Å². The molecule has 2 aromatic carbocycles. The third-order valence-electron chi connectivity index (χ3n) is 7.15. The number of hydrogen-bond donors (Lipinski definition) is 3. The summed E-state index contributed by atoms with van der Waals surface area (Å²) in [5.74, 6) is -4.90. The molecule has 0 aliphatic carbocycles. The largest absolute Gasteiger partial charge is 0.488 e. The Labute approximate surface area is 261 Å². The average molecular weight is 636 g/mol. The van der Waals surface area contributed by atoms with Crippen LogP contribution >= 0.6 is 11.3 Å². The fraction of sp³-hybridized carbons (Fsp3) is 0.290. The molecule has 3 N–H and O–H groups in total. The molecule has 0 fully saturated rings. The second-order valence-corrected chi connectivity index (χ2v) is 12.5. The number of fused-ring (bicyclic) bond motifs is 2. The van der Waals surface area contributed by atoms with Crippen LogP contribution in [0.1, 0.15) is 67.8 Å². The zero-order valence-corrected chi connectivity index (χ0v) is 25.3. The van der Waals surface area contributed by atoms with E-state index in [2.05, 4.69) is 5.32 Å². The van der Waals surface area contributed by atoms with Crippen LogP contribution in [0, 0.1) is 0 Å². The molecule has 14 heteroatoms. The number of esters is 1. The van der Waals surface area contributed by atoms with E-state index in [0.717, 1.165) is 26.7 Å². The molecule has 1 aromatic heterocycles. The first-order valence-electron chi connectivity index (χ1n) is 13.8. The van der Waals surface area contributed by atoms with Crippen LogP contribution in [-0.4, -0.2) is 74.0 Å². The minimum atomic E-state index is -1.41. The van der Waals surface area contributed by atoms with Crippen LogP contribution in [0.2, 0.25) is 0 Å². The monoisotopic (exact) mass is 635 g/mol. The number of carbonyl (C=O) groups excluding carboxylic acids is 4. The lowest BCUT2D eigenvalue weighted by atomic mass is 9.96. The fourth-order valence-electron chi connectivity index (χ4n) is 5.20. The number of nitrogens with one attached hydrogen (secondary N) is 1. The molecule has 45 heavy (non-hydrogen) atoms. The van der Waals surface area contributed by atoms with Gasteiger partial charge in [0.15, 0.2) is 0 Å². The lowest BCUT2D eigenvalue weighted by Gasteiger charge is -2.35. The van der Waals surface area contributed by atoms with E-state index in [1.165, 1.54) is 6.07 Å². The molecule has 1 unspecified atom stereocenters. The molecular weight excluding hydrogens is 606 g/mol. The Kier molecular flexibility index (Phi) is 8.34. The number of nitrogens with zero attached hydrogens (tertiary/aromatic N) is 2. The molecule has 4 amide bonds. The van der Waals surface area contributed by atoms with Gasteiger partial charge in [0.05, 0.1) is 35.8 Å². The summed E-state index contributed by atoms with van der Waals surface area (Å²) in [5.41, 5.74) is -0.0137. The summed E-state index contributed by atoms with van der Waals surface area (Å²) in [4.78, 5) is 78.6. The van der Waals surface area contributed by atoms with Crippen LogP contribution in [0.3, 0.4) is 0 Å². The van der Waals surface area contributed by atoms with Gasteiger partial charge in [-0.2, -0.15) is 0 Å². The number of aromatic carboxylic acids is 1. The van der Waals surface area contributed by atoms with Crippen molar-refractivity contribution in [3.05, 3.63) is 81.2 Å². The molecule has 0 saturated carbocycles. The molecule has 0 bridgehead atoms. The van der Waals surface area contributed by atoms with Crippen LogP contribution in [0.5, 0.6) is 5.75 Å². The number of carbonyl (C=O) groups is 6. The number of amides is 4. The van der Waals surface area contributed by atoms with Gasteiger partial charge >= 0.3 is 23.9 Å². The Bertz CT molecular complexity index is 1730. The number of imide groups is 1. The SMILES string of the molecule is CC(C)(C)OC(=O)C(=O)Nc1sc2c(c1C(=O)O)CC(CN1C(=O)c3cccc(OCc4ccccc4)c3C1=O)N(C(=O)O)C2. The van der Waals surface area contributed by atoms with Crippen molar-refractivity contribution in [3.63, 3.8) is 0 Å². The number of hydrogen-bond acceptors (Lipinski definition) is 9. The molecular formula is C31H29N3O10S. The van der Waals surface area contributed by atoms with Crippen molar-refractivity contribution in [1.82, 2.24) is 9.80 Å². The van der Waals surface area contributed by atoms with Crippen molar-refractivity contribution in [2.24, 2.45) is 0 Å². The number of benzene rings is 2. The Morgan fingerprint density at radius 1 is 1.00 bits per heavy atom. The van der Waals surface area contributed by atoms with Crippen molar-refractivity contribution in [1.29, 1.82) is 0 Å². The molecule has 0 spiro atoms. The maximum atomic E-state index is 13.6. The Morgan fingerprint density at radius 2 is 1.71 bits per heavy atom. The zero-order valence-electron chi connectivity index (χ0n) is 24.5. The summed E-state index contributed by atoms with van der Waals surface area (Å²) in [6.45, 7) is 4.23. The number of anilines is 1. The highest BCUT2D eigenvalue weighted by Crippen LogP contribution is 2.40. The van der Waals surface area contributed by atoms with E-state index in [1.807, 2.05) is 30.3 Å². The van der Waals surface area contributed by atoms with Gasteiger partial charge in [-0.1, -0.05) is 36.4 Å². The summed E-state index contributed by atoms with van der Waals surface area (Å²) >= 11 is 0.827. The predicted octanol–water partition coefficient (Wildman–Crippen LogP) is 4.01. The molecule has 3 aromatic rings. The topological polar surface area (TPSA) is 180 Å². The highest BCUT2D eigenvalue weighted by Gasteiger charge is 2.43. The first kappa shape index (κ1) is 31.2. The van der Waals surface area contributed by atoms with Gasteiger partial charge in [0.2, 0.25) is 0 Å². The zero-order chi connectivity index (χ0) is 32.6. The van der Waals surface area contributed by atoms with Crippen LogP contribution in [0.4, 0.5) is 9.80 Å². The number of thiophene rings is 1. The molecule has 13 nitrogen and oxygen atoms in total. The van der Waals surface area contributed by atoms with Gasteiger partial charge in [-0.3, -0.25) is 24.2 Å². The Morgan fingerprint density at radius 3 is 2.36 bits per heavy atom. The first-order valence-corrected chi connectivity index (χ1v) is 14.6. The average Bonchev–Trinajstić information content (AvgIpc) is 3.45. The molecule has 2 aliphatic rings. The van der Waals surface area contributed by atoms with Gasteiger partial charge in [0.1, 0.15) is 23.0 Å². The minimum Gasteiger partial charge on any atom is -0.488 e. The second kappa shape index (κ2) is 12.0. The highest BCUT2D eigenvalue weighted by atomic mass is 32.1. The number of carboxylic acid groups (broad SMARTS) is 2. The van der Waals surface area contributed by atoms with Crippen molar-refractivity contribution in [2.75, 3.05) is 11.9 Å². The van der Waals surface area contributed by atoms with Crippen LogP contribution in [0.25, 0.3) is 0 Å². The predicted molar refractivity (Wildman–Crippen MR) is 159 cm³/mol. The summed E-state index contributed by atoms with van der Waals surface area (Å²) in [6, 6.07) is 12.9. The summed E-state index contributed by atoms with van der Waals surface area (Å²) in [5, 5.41) is 22.2. The molecule has 1 atom stereocenters. The summed E-state index contributed by atoms with van der Waals surface area (Å²) in [6.07, 6.45) is -1.52. The lowest BCUT2D eigenvalue weighted by molar-refractivity contribution is -0.161. The third kappa shape index (κ3) is 6.36. The number of carboxylic acids is 1. The Balaban J connectivity index is 1.39. The van der Waals surface area contributed by atoms with Crippen molar-refractivity contribution >= 4 is 52.1 Å². The van der Waals surface area contributed by atoms with E-state index in [1.54, 1.807) is 32.9 Å².